The monoisotopic (exact) mass is 101 g/mol. The lowest BCUT2D eigenvalue weighted by Gasteiger charge is -1.85. The molecular weight excluding hydrogens is 92.1 g/mol. The maximum absolute atomic E-state index is 9.84. The fourth-order valence-electron chi connectivity index (χ4n) is 0.215. The maximum atomic E-state index is 9.84. The van der Waals surface area contributed by atoms with E-state index in [0.29, 0.717) is 5.57 Å². The Morgan fingerprint density at radius 3 is 2.57 bits per heavy atom. The summed E-state index contributed by atoms with van der Waals surface area (Å²) in [6.45, 7) is 1.47. The minimum atomic E-state index is -0.208. The highest BCUT2D eigenvalue weighted by atomic mass is 16.3. The first-order valence-electron chi connectivity index (χ1n) is 2.16. The topological polar surface area (TPSA) is 40.1 Å². The Balaban J connectivity index is 3.29. The van der Waals surface area contributed by atoms with Crippen LogP contribution in [-0.4, -0.2) is 18.3 Å². The summed E-state index contributed by atoms with van der Waals surface area (Å²) in [5.74, 6) is 0. The summed E-state index contributed by atoms with van der Waals surface area (Å²) < 4.78 is 0. The van der Waals surface area contributed by atoms with Gasteiger partial charge in [-0.15, -0.1) is 0 Å². The molecule has 0 bridgehead atoms. The van der Waals surface area contributed by atoms with Gasteiger partial charge in [-0.2, -0.15) is 0 Å². The molecule has 1 N–H and O–H groups in total. The summed E-state index contributed by atoms with van der Waals surface area (Å²) in [5, 5.41) is 18.0. The Kier molecular flexibility index (Phi) is 3.65. The molecule has 1 radical (unpaired) electrons. The van der Waals surface area contributed by atoms with E-state index in [-0.39, 0.29) is 13.2 Å². The van der Waals surface area contributed by atoms with Crippen molar-refractivity contribution < 1.29 is 10.2 Å². The molecule has 0 atom stereocenters. The molecule has 0 aromatic rings. The summed E-state index contributed by atoms with van der Waals surface area (Å²) >= 11 is 0. The number of rotatable bonds is 2. The molecule has 0 aromatic heterocycles. The molecule has 0 aromatic carbocycles. The van der Waals surface area contributed by atoms with Gasteiger partial charge < -0.3 is 5.11 Å². The summed E-state index contributed by atoms with van der Waals surface area (Å²) in [5.41, 5.74) is 0.697. The molecule has 0 heterocycles. The SMILES string of the molecule is C/C(=C\CO)C[O]. The van der Waals surface area contributed by atoms with Gasteiger partial charge in [0.1, 0.15) is 6.61 Å². The lowest BCUT2D eigenvalue weighted by molar-refractivity contribution is 0.222. The zero-order valence-electron chi connectivity index (χ0n) is 4.35. The predicted molar refractivity (Wildman–Crippen MR) is 26.4 cm³/mol. The van der Waals surface area contributed by atoms with Crippen LogP contribution >= 0.6 is 0 Å². The third kappa shape index (κ3) is 3.49. The van der Waals surface area contributed by atoms with Gasteiger partial charge in [0.15, 0.2) is 0 Å². The van der Waals surface area contributed by atoms with Gasteiger partial charge in [0.25, 0.3) is 0 Å². The maximum Gasteiger partial charge on any atom is 0.103 e. The largest absolute Gasteiger partial charge is 0.392 e. The van der Waals surface area contributed by atoms with Gasteiger partial charge in [0, 0.05) is 0 Å². The minimum absolute atomic E-state index is 0.0198. The molecule has 2 heteroatoms. The summed E-state index contributed by atoms with van der Waals surface area (Å²) in [4.78, 5) is 0. The molecule has 0 aliphatic heterocycles. The van der Waals surface area contributed by atoms with Crippen LogP contribution in [0.1, 0.15) is 6.92 Å². The molecule has 0 saturated carbocycles. The normalized spacial score (nSPS) is 12.1. The molecule has 0 amide bonds. The van der Waals surface area contributed by atoms with Gasteiger partial charge >= 0.3 is 0 Å². The predicted octanol–water partition coefficient (Wildman–Crippen LogP) is 0.356. The number of hydrogen-bond donors (Lipinski definition) is 1. The lowest BCUT2D eigenvalue weighted by Crippen LogP contribution is -1.83. The van der Waals surface area contributed by atoms with Gasteiger partial charge in [-0.05, 0) is 12.5 Å². The standard InChI is InChI=1S/C5H9O2/c1-5(4-7)2-3-6/h2,6H,3-4H2,1H3/b5-2+. The minimum Gasteiger partial charge on any atom is -0.392 e. The molecule has 0 aliphatic carbocycles. The lowest BCUT2D eigenvalue weighted by atomic mass is 10.3. The second kappa shape index (κ2) is 3.84. The fourth-order valence-corrected chi connectivity index (χ4v) is 0.215. The van der Waals surface area contributed by atoms with Crippen molar-refractivity contribution in [2.24, 2.45) is 0 Å². The molecule has 0 fully saturated rings. The van der Waals surface area contributed by atoms with Gasteiger partial charge in [-0.3, -0.25) is 0 Å². The molecule has 0 rings (SSSR count). The van der Waals surface area contributed by atoms with Crippen molar-refractivity contribution in [3.05, 3.63) is 11.6 Å². The zero-order chi connectivity index (χ0) is 5.70. The van der Waals surface area contributed by atoms with Gasteiger partial charge in [-0.25, -0.2) is 5.11 Å². The van der Waals surface area contributed by atoms with Crippen LogP contribution in [0.3, 0.4) is 0 Å². The molecule has 0 saturated heterocycles. The Hall–Kier alpha value is -0.340. The average Bonchev–Trinajstić information content (AvgIpc) is 1.68. The first kappa shape index (κ1) is 6.66. The van der Waals surface area contributed by atoms with E-state index >= 15 is 0 Å². The van der Waals surface area contributed by atoms with Crippen molar-refractivity contribution in [1.82, 2.24) is 0 Å². The van der Waals surface area contributed by atoms with Crippen LogP contribution in [-0.2, 0) is 5.11 Å². The quantitative estimate of drug-likeness (QED) is 0.501. The first-order chi connectivity index (χ1) is 3.31. The molecular formula is C5H9O2. The fraction of sp³-hybridized carbons (Fsp3) is 0.600. The Bertz CT molecular complexity index is 66.5. The zero-order valence-corrected chi connectivity index (χ0v) is 4.35. The van der Waals surface area contributed by atoms with Crippen molar-refractivity contribution in [1.29, 1.82) is 0 Å². The van der Waals surface area contributed by atoms with Crippen molar-refractivity contribution in [2.45, 2.75) is 6.92 Å². The molecule has 7 heavy (non-hydrogen) atoms. The highest BCUT2D eigenvalue weighted by Gasteiger charge is 1.80. The smallest absolute Gasteiger partial charge is 0.103 e. The second-order valence-electron chi connectivity index (χ2n) is 1.38. The molecule has 0 spiro atoms. The highest BCUT2D eigenvalue weighted by molar-refractivity contribution is 4.96. The van der Waals surface area contributed by atoms with Crippen LogP contribution < -0.4 is 0 Å². The third-order valence-corrected chi connectivity index (χ3v) is 0.667. The van der Waals surface area contributed by atoms with Crippen LogP contribution in [0.5, 0.6) is 0 Å². The van der Waals surface area contributed by atoms with E-state index in [1.54, 1.807) is 6.92 Å². The van der Waals surface area contributed by atoms with Crippen LogP contribution in [0.15, 0.2) is 11.6 Å². The molecule has 0 unspecified atom stereocenters. The van der Waals surface area contributed by atoms with Gasteiger partial charge in [-0.1, -0.05) is 6.08 Å². The Morgan fingerprint density at radius 1 is 1.86 bits per heavy atom. The Morgan fingerprint density at radius 2 is 2.43 bits per heavy atom. The average molecular weight is 101 g/mol. The molecule has 2 nitrogen and oxygen atoms in total. The number of hydrogen-bond acceptors (Lipinski definition) is 1. The summed E-state index contributed by atoms with van der Waals surface area (Å²) in [6, 6.07) is 0. The van der Waals surface area contributed by atoms with Crippen molar-refractivity contribution >= 4 is 0 Å². The van der Waals surface area contributed by atoms with Gasteiger partial charge in [0.2, 0.25) is 0 Å². The first-order valence-corrected chi connectivity index (χ1v) is 2.16. The van der Waals surface area contributed by atoms with E-state index in [9.17, 15) is 5.11 Å². The van der Waals surface area contributed by atoms with Crippen LogP contribution in [0, 0.1) is 0 Å². The van der Waals surface area contributed by atoms with E-state index in [2.05, 4.69) is 0 Å². The number of aliphatic hydroxyl groups excluding tert-OH is 1. The summed E-state index contributed by atoms with van der Waals surface area (Å²) in [6.07, 6.45) is 1.51. The second-order valence-corrected chi connectivity index (χ2v) is 1.38. The van der Waals surface area contributed by atoms with Crippen molar-refractivity contribution in [3.63, 3.8) is 0 Å². The van der Waals surface area contributed by atoms with E-state index in [1.807, 2.05) is 0 Å². The van der Waals surface area contributed by atoms with Crippen molar-refractivity contribution in [3.8, 4) is 0 Å². The van der Waals surface area contributed by atoms with E-state index in [4.69, 9.17) is 5.11 Å². The number of aliphatic hydroxyl groups is 1. The van der Waals surface area contributed by atoms with E-state index in [1.165, 1.54) is 6.08 Å². The Labute approximate surface area is 43.1 Å². The van der Waals surface area contributed by atoms with Crippen LogP contribution in [0.25, 0.3) is 0 Å². The third-order valence-electron chi connectivity index (χ3n) is 0.667. The molecule has 41 valence electrons. The van der Waals surface area contributed by atoms with Crippen molar-refractivity contribution in [2.75, 3.05) is 13.2 Å². The van der Waals surface area contributed by atoms with Crippen LogP contribution in [0.4, 0.5) is 0 Å². The van der Waals surface area contributed by atoms with E-state index < -0.39 is 0 Å². The molecule has 0 aliphatic rings. The van der Waals surface area contributed by atoms with Crippen LogP contribution in [0.2, 0.25) is 0 Å². The highest BCUT2D eigenvalue weighted by Crippen LogP contribution is 1.86. The van der Waals surface area contributed by atoms with Gasteiger partial charge in [0.05, 0.1) is 6.61 Å². The summed E-state index contributed by atoms with van der Waals surface area (Å²) in [7, 11) is 0. The van der Waals surface area contributed by atoms with E-state index in [0.717, 1.165) is 0 Å².